The number of nitrogens with two attached hydrogens (primary N) is 2. The number of morpholine rings is 2. The largest absolute Gasteiger partial charge is 0.573 e. The molecule has 8 aliphatic rings. The van der Waals surface area contributed by atoms with E-state index >= 15 is 0 Å². The van der Waals surface area contributed by atoms with Crippen LogP contribution in [0.25, 0.3) is 22.5 Å². The highest BCUT2D eigenvalue weighted by Crippen LogP contribution is 2.70. The summed E-state index contributed by atoms with van der Waals surface area (Å²) in [6, 6.07) is 2.37. The summed E-state index contributed by atoms with van der Waals surface area (Å²) in [6.07, 6.45) is 0.715. The Bertz CT molecular complexity index is 2220. The van der Waals surface area contributed by atoms with Gasteiger partial charge in [-0.1, -0.05) is 27.7 Å². The van der Waals surface area contributed by atoms with Gasteiger partial charge in [0.05, 0.1) is 48.9 Å². The monoisotopic (exact) mass is 934 g/mol. The number of anilines is 2. The van der Waals surface area contributed by atoms with Crippen molar-refractivity contribution in [2.45, 2.75) is 113 Å². The number of aromatic nitrogens is 6. The van der Waals surface area contributed by atoms with Gasteiger partial charge < -0.3 is 49.8 Å². The van der Waals surface area contributed by atoms with Crippen molar-refractivity contribution in [2.24, 2.45) is 11.8 Å². The second-order valence-electron chi connectivity index (χ2n) is 19.6. The molecule has 4 aromatic heterocycles. The molecule has 22 heteroatoms. The van der Waals surface area contributed by atoms with Crippen LogP contribution >= 0.6 is 0 Å². The molecule has 6 aliphatic carbocycles. The van der Waals surface area contributed by atoms with Crippen LogP contribution in [0.4, 0.5) is 38.0 Å². The summed E-state index contributed by atoms with van der Waals surface area (Å²) < 4.78 is 99.6. The Kier molecular flexibility index (Phi) is 11.6. The lowest BCUT2D eigenvalue weighted by atomic mass is 9.43. The van der Waals surface area contributed by atoms with E-state index in [4.69, 9.17) is 20.9 Å². The number of ether oxygens (including phenoxy) is 4. The van der Waals surface area contributed by atoms with E-state index in [1.54, 1.807) is 0 Å². The molecule has 6 saturated carbocycles. The minimum absolute atomic E-state index is 0.0757. The van der Waals surface area contributed by atoms with Crippen LogP contribution in [0.2, 0.25) is 0 Å². The molecule has 0 spiro atoms. The molecule has 6 N–H and O–H groups in total. The summed E-state index contributed by atoms with van der Waals surface area (Å²) in [5.74, 6) is -0.971. The molecule has 4 bridgehead atoms. The highest BCUT2D eigenvalue weighted by molar-refractivity contribution is 5.65. The molecule has 8 fully saturated rings. The first-order valence-electron chi connectivity index (χ1n) is 22.3. The maximum absolute atomic E-state index is 12.8. The van der Waals surface area contributed by atoms with E-state index in [0.717, 1.165) is 91.1 Å². The van der Waals surface area contributed by atoms with Gasteiger partial charge in [-0.05, 0) is 62.5 Å². The lowest BCUT2D eigenvalue weighted by molar-refractivity contribution is -0.275. The molecular weight excluding hydrogens is 879 g/mol. The van der Waals surface area contributed by atoms with Crippen LogP contribution in [0.3, 0.4) is 0 Å². The number of nitrogens with zero attached hydrogens (tertiary/aromatic N) is 8. The molecule has 12 rings (SSSR count). The van der Waals surface area contributed by atoms with Gasteiger partial charge in [0.2, 0.25) is 0 Å². The molecule has 360 valence electrons. The predicted molar refractivity (Wildman–Crippen MR) is 227 cm³/mol. The number of rotatable bonds is 12. The Morgan fingerprint density at radius 1 is 0.591 bits per heavy atom. The van der Waals surface area contributed by atoms with Crippen LogP contribution in [0.1, 0.15) is 90.1 Å². The van der Waals surface area contributed by atoms with E-state index < -0.39 is 36.4 Å². The number of halogens is 6. The molecule has 0 amide bonds. The third kappa shape index (κ3) is 8.34. The maximum atomic E-state index is 12.8. The number of hydrogen-bond donors (Lipinski definition) is 4. The van der Waals surface area contributed by atoms with Crippen molar-refractivity contribution in [1.29, 1.82) is 0 Å². The molecule has 66 heavy (non-hydrogen) atoms. The number of nitrogen functional groups attached to an aromatic ring is 2. The van der Waals surface area contributed by atoms with Gasteiger partial charge in [-0.2, -0.15) is 0 Å². The van der Waals surface area contributed by atoms with Gasteiger partial charge in [0.25, 0.3) is 0 Å². The van der Waals surface area contributed by atoms with Crippen LogP contribution < -0.4 is 20.9 Å². The van der Waals surface area contributed by atoms with Crippen molar-refractivity contribution in [2.75, 3.05) is 64.1 Å². The molecule has 4 aromatic rings. The zero-order valence-corrected chi connectivity index (χ0v) is 37.2. The Balaban J connectivity index is 0.000000166. The van der Waals surface area contributed by atoms with Crippen molar-refractivity contribution < 1.29 is 55.5 Å². The second-order valence-corrected chi connectivity index (χ2v) is 19.6. The fourth-order valence-corrected chi connectivity index (χ4v) is 11.1. The topological polar surface area (TPSA) is 197 Å². The molecule has 0 unspecified atom stereocenters. The number of imidazole rings is 2. The molecule has 6 heterocycles. The van der Waals surface area contributed by atoms with E-state index in [1.807, 2.05) is 49.2 Å². The van der Waals surface area contributed by atoms with Crippen LogP contribution in [-0.2, 0) is 20.6 Å². The van der Waals surface area contributed by atoms with E-state index in [9.17, 15) is 36.6 Å². The smallest absolute Gasteiger partial charge is 0.402 e. The fourth-order valence-electron chi connectivity index (χ4n) is 11.1. The third-order valence-corrected chi connectivity index (χ3v) is 14.4. The summed E-state index contributed by atoms with van der Waals surface area (Å²) in [6.45, 7) is 14.3. The fraction of sp³-hybridized carbons (Fsp3) is 0.636. The average molecular weight is 935 g/mol. The molecule has 2 saturated heterocycles. The normalized spacial score (nSPS) is 28.3. The highest BCUT2D eigenvalue weighted by Gasteiger charge is 2.72. The number of alkyl halides is 6. The first-order chi connectivity index (χ1) is 31.0. The zero-order valence-electron chi connectivity index (χ0n) is 37.2. The van der Waals surface area contributed by atoms with E-state index in [2.05, 4.69) is 39.2 Å². The van der Waals surface area contributed by atoms with Crippen LogP contribution in [-0.4, -0.2) is 125 Å². The zero-order chi connectivity index (χ0) is 47.2. The predicted octanol–water partition coefficient (Wildman–Crippen LogP) is 6.16. The van der Waals surface area contributed by atoms with Crippen molar-refractivity contribution in [3.8, 4) is 34.0 Å². The summed E-state index contributed by atoms with van der Waals surface area (Å²) in [4.78, 5) is 22.0. The minimum Gasteiger partial charge on any atom is -0.402 e. The Morgan fingerprint density at radius 2 is 0.924 bits per heavy atom. The van der Waals surface area contributed by atoms with Gasteiger partial charge in [-0.25, -0.2) is 19.9 Å². The Morgan fingerprint density at radius 3 is 1.23 bits per heavy atom. The number of aliphatic hydroxyl groups is 2. The van der Waals surface area contributed by atoms with Crippen molar-refractivity contribution >= 4 is 11.6 Å². The molecule has 0 radical (unpaired) electrons. The Hall–Kier alpha value is -4.74. The summed E-state index contributed by atoms with van der Waals surface area (Å²) in [7, 11) is 0. The van der Waals surface area contributed by atoms with Crippen LogP contribution in [0.5, 0.6) is 11.5 Å². The number of hydrogen-bond acceptors (Lipinski definition) is 14. The SMILES string of the molecule is CC(C)[C@@H](O)c1nc(-c2cnc(N)c(OC(F)(F)F)c2)cn1C12CC(N3CCOCC3)(C1)C2.CC(C)[C@H](O)c1nc(-c2cnc(N)c(OC(F)(F)F)c2)cn1C12CC(N3CCOCC3)(C1)C2. The lowest BCUT2D eigenvalue weighted by Crippen LogP contribution is -2.79. The van der Waals surface area contributed by atoms with E-state index in [-0.39, 0.29) is 45.6 Å². The van der Waals surface area contributed by atoms with Gasteiger partial charge in [-0.15, -0.1) is 26.3 Å². The van der Waals surface area contributed by atoms with Crippen molar-refractivity contribution in [1.82, 2.24) is 38.9 Å². The van der Waals surface area contributed by atoms with Gasteiger partial charge in [0.1, 0.15) is 23.9 Å². The number of aliphatic hydroxyl groups excluding tert-OH is 2. The van der Waals surface area contributed by atoms with Crippen molar-refractivity contribution in [3.05, 3.63) is 48.6 Å². The summed E-state index contributed by atoms with van der Waals surface area (Å²) >= 11 is 0. The number of pyridine rings is 2. The maximum Gasteiger partial charge on any atom is 0.573 e. The van der Waals surface area contributed by atoms with Gasteiger partial charge in [0, 0.05) is 73.2 Å². The summed E-state index contributed by atoms with van der Waals surface area (Å²) in [5.41, 5.74) is 12.7. The van der Waals surface area contributed by atoms with Gasteiger partial charge in [0.15, 0.2) is 23.1 Å². The molecular formula is C44H56F6N10O6. The van der Waals surface area contributed by atoms with Gasteiger partial charge in [-0.3, -0.25) is 9.80 Å². The first-order valence-corrected chi connectivity index (χ1v) is 22.3. The van der Waals surface area contributed by atoms with Crippen LogP contribution in [0.15, 0.2) is 36.9 Å². The quantitative estimate of drug-likeness (QED) is 0.118. The second kappa shape index (κ2) is 16.5. The first kappa shape index (κ1) is 46.4. The lowest BCUT2D eigenvalue weighted by Gasteiger charge is -2.74. The highest BCUT2D eigenvalue weighted by atomic mass is 19.4. The van der Waals surface area contributed by atoms with Crippen LogP contribution in [0, 0.1) is 11.8 Å². The standard InChI is InChI=1S/2C22H28F3N5O3/c2*1-13(2)17(31)19-28-15(14-7-16(18(26)27-8-14)33-22(23,24)25)9-30(19)21-10-20(11-21,12-21)29-3-5-32-6-4-29/h2*7-9,13,17,31H,3-6,10-12H2,1-2H3,(H2,26,27)/t2*17-,20?,21?/m10/s1. The van der Waals surface area contributed by atoms with E-state index in [0.29, 0.717) is 34.2 Å². The average Bonchev–Trinajstić information content (AvgIpc) is 3.83. The van der Waals surface area contributed by atoms with E-state index in [1.165, 1.54) is 24.5 Å². The van der Waals surface area contributed by atoms with Gasteiger partial charge >= 0.3 is 12.7 Å². The molecule has 16 nitrogen and oxygen atoms in total. The third-order valence-electron chi connectivity index (χ3n) is 14.4. The van der Waals surface area contributed by atoms with Crippen molar-refractivity contribution in [3.63, 3.8) is 0 Å². The summed E-state index contributed by atoms with van der Waals surface area (Å²) in [5, 5.41) is 21.8. The molecule has 0 aromatic carbocycles. The molecule has 2 aliphatic heterocycles. The molecule has 2 atom stereocenters. The minimum atomic E-state index is -4.88. The Labute approximate surface area is 377 Å².